The lowest BCUT2D eigenvalue weighted by atomic mass is 9.80. The Balaban J connectivity index is 0.00000288. The van der Waals surface area contributed by atoms with Crippen molar-refractivity contribution in [2.75, 3.05) is 25.0 Å². The average molecular weight is 380 g/mol. The predicted octanol–water partition coefficient (Wildman–Crippen LogP) is 3.42. The highest BCUT2D eigenvalue weighted by Crippen LogP contribution is 2.28. The first-order valence-electron chi connectivity index (χ1n) is 7.59. The molecular weight excluding hydrogens is 356 g/mol. The zero-order valence-electron chi connectivity index (χ0n) is 13.8. The van der Waals surface area contributed by atoms with Crippen molar-refractivity contribution in [3.05, 3.63) is 24.3 Å². The number of nitrogens with two attached hydrogens (primary N) is 1. The van der Waals surface area contributed by atoms with Gasteiger partial charge in [0, 0.05) is 29.7 Å². The van der Waals surface area contributed by atoms with Gasteiger partial charge in [-0.15, -0.1) is 12.4 Å². The van der Waals surface area contributed by atoms with E-state index in [0.717, 1.165) is 19.5 Å². The number of hydrogen-bond donors (Lipinski definition) is 2. The van der Waals surface area contributed by atoms with Crippen LogP contribution in [-0.2, 0) is 4.79 Å². The largest absolute Gasteiger partial charge is 0.327 e. The van der Waals surface area contributed by atoms with Gasteiger partial charge in [0.25, 0.3) is 5.76 Å². The Kier molecular flexibility index (Phi) is 7.92. The van der Waals surface area contributed by atoms with Gasteiger partial charge in [-0.25, -0.2) is 0 Å². The summed E-state index contributed by atoms with van der Waals surface area (Å²) in [7, 11) is 0. The summed E-state index contributed by atoms with van der Waals surface area (Å²) in [6.45, 7) is 6.12. The van der Waals surface area contributed by atoms with Gasteiger partial charge in [0.1, 0.15) is 0 Å². The second kappa shape index (κ2) is 8.99. The van der Waals surface area contributed by atoms with Crippen LogP contribution in [0.5, 0.6) is 0 Å². The van der Waals surface area contributed by atoms with E-state index in [-0.39, 0.29) is 29.8 Å². The zero-order chi connectivity index (χ0) is 17.0. The summed E-state index contributed by atoms with van der Waals surface area (Å²) in [5.41, 5.74) is 6.70. The smallest absolute Gasteiger partial charge is 0.288 e. The highest BCUT2D eigenvalue weighted by molar-refractivity contribution is 7.99. The molecule has 1 aliphatic heterocycles. The van der Waals surface area contributed by atoms with Crippen molar-refractivity contribution in [3.8, 4) is 0 Å². The molecule has 1 aromatic carbocycles. The van der Waals surface area contributed by atoms with Crippen molar-refractivity contribution >= 4 is 35.8 Å². The first kappa shape index (κ1) is 21.2. The Morgan fingerprint density at radius 3 is 2.58 bits per heavy atom. The predicted molar refractivity (Wildman–Crippen MR) is 97.0 cm³/mol. The van der Waals surface area contributed by atoms with Crippen LogP contribution in [-0.4, -0.2) is 42.2 Å². The molecule has 136 valence electrons. The fourth-order valence-corrected chi connectivity index (χ4v) is 3.24. The molecule has 1 fully saturated rings. The van der Waals surface area contributed by atoms with Crippen LogP contribution in [0, 0.1) is 5.41 Å². The number of piperidine rings is 1. The number of likely N-dealkylation sites (tertiary alicyclic amines) is 1. The van der Waals surface area contributed by atoms with Gasteiger partial charge in [0.2, 0.25) is 5.91 Å². The van der Waals surface area contributed by atoms with Crippen LogP contribution in [0.15, 0.2) is 29.2 Å². The molecule has 2 rings (SSSR count). The number of benzene rings is 1. The van der Waals surface area contributed by atoms with E-state index in [4.69, 9.17) is 5.73 Å². The molecule has 1 unspecified atom stereocenters. The summed E-state index contributed by atoms with van der Waals surface area (Å²) in [5, 5.41) is 2.80. The fraction of sp³-hybridized carbons (Fsp3) is 0.562. The molecule has 0 aromatic heterocycles. The first-order chi connectivity index (χ1) is 10.8. The fourth-order valence-electron chi connectivity index (χ4n) is 2.74. The van der Waals surface area contributed by atoms with Gasteiger partial charge >= 0.3 is 0 Å². The van der Waals surface area contributed by atoms with E-state index in [1.54, 1.807) is 24.3 Å². The molecule has 0 radical (unpaired) electrons. The third-order valence-electron chi connectivity index (χ3n) is 4.12. The van der Waals surface area contributed by atoms with E-state index < -0.39 is 5.76 Å². The zero-order valence-corrected chi connectivity index (χ0v) is 15.4. The number of nitrogens with one attached hydrogen (secondary N) is 1. The highest BCUT2D eigenvalue weighted by atomic mass is 35.5. The highest BCUT2D eigenvalue weighted by Gasteiger charge is 2.33. The molecule has 1 saturated heterocycles. The summed E-state index contributed by atoms with van der Waals surface area (Å²) < 4.78 is 24.5. The van der Waals surface area contributed by atoms with Crippen molar-refractivity contribution < 1.29 is 13.6 Å². The number of nitrogens with zero attached hydrogens (tertiary/aromatic N) is 1. The quantitative estimate of drug-likeness (QED) is 0.769. The SMILES string of the molecule is CC1(C)CN(CC(=O)Nc2ccc(SC(F)F)cc2)CCC1N.Cl. The third-order valence-corrected chi connectivity index (χ3v) is 4.84. The molecule has 24 heavy (non-hydrogen) atoms. The second-order valence-electron chi connectivity index (χ2n) is 6.55. The maximum Gasteiger partial charge on any atom is 0.288 e. The molecule has 0 saturated carbocycles. The number of alkyl halides is 2. The maximum absolute atomic E-state index is 12.3. The molecule has 0 aliphatic carbocycles. The number of hydrogen-bond acceptors (Lipinski definition) is 4. The van der Waals surface area contributed by atoms with Gasteiger partial charge in [-0.05, 0) is 36.1 Å². The monoisotopic (exact) mass is 379 g/mol. The van der Waals surface area contributed by atoms with Gasteiger partial charge in [0.05, 0.1) is 6.54 Å². The lowest BCUT2D eigenvalue weighted by molar-refractivity contribution is -0.118. The minimum absolute atomic E-state index is 0. The van der Waals surface area contributed by atoms with Gasteiger partial charge in [-0.2, -0.15) is 8.78 Å². The van der Waals surface area contributed by atoms with Crippen LogP contribution in [0.25, 0.3) is 0 Å². The molecule has 4 nitrogen and oxygen atoms in total. The Morgan fingerprint density at radius 2 is 2.04 bits per heavy atom. The molecular formula is C16H24ClF2N3OS. The Bertz CT molecular complexity index is 543. The van der Waals surface area contributed by atoms with Gasteiger partial charge in [0.15, 0.2) is 0 Å². The number of thioether (sulfide) groups is 1. The minimum atomic E-state index is -2.44. The van der Waals surface area contributed by atoms with Gasteiger partial charge in [-0.1, -0.05) is 25.6 Å². The van der Waals surface area contributed by atoms with Crippen molar-refractivity contribution in [2.24, 2.45) is 11.1 Å². The number of halogens is 3. The van der Waals surface area contributed by atoms with E-state index in [9.17, 15) is 13.6 Å². The van der Waals surface area contributed by atoms with E-state index in [1.807, 2.05) is 0 Å². The maximum atomic E-state index is 12.3. The summed E-state index contributed by atoms with van der Waals surface area (Å²) in [5.74, 6) is -2.55. The van der Waals surface area contributed by atoms with Crippen LogP contribution in [0.1, 0.15) is 20.3 Å². The molecule has 0 spiro atoms. The minimum Gasteiger partial charge on any atom is -0.327 e. The molecule has 1 aliphatic rings. The van der Waals surface area contributed by atoms with E-state index in [0.29, 0.717) is 28.9 Å². The number of carbonyl (C=O) groups is 1. The van der Waals surface area contributed by atoms with Crippen LogP contribution < -0.4 is 11.1 Å². The van der Waals surface area contributed by atoms with Crippen LogP contribution in [0.4, 0.5) is 14.5 Å². The second-order valence-corrected chi connectivity index (χ2v) is 7.61. The standard InChI is InChI=1S/C16H23F2N3OS.ClH/c1-16(2)10-21(8-7-13(16)19)9-14(22)20-11-3-5-12(6-4-11)23-15(17)18;/h3-6,13,15H,7-10,19H2,1-2H3,(H,20,22);1H. The number of anilines is 1. The molecule has 1 aromatic rings. The summed E-state index contributed by atoms with van der Waals surface area (Å²) >= 11 is 0.488. The first-order valence-corrected chi connectivity index (χ1v) is 8.47. The Hall–Kier alpha value is -0.890. The number of rotatable bonds is 5. The summed E-state index contributed by atoms with van der Waals surface area (Å²) in [4.78, 5) is 14.7. The van der Waals surface area contributed by atoms with Crippen molar-refractivity contribution in [3.63, 3.8) is 0 Å². The Labute approximate surface area is 151 Å². The molecule has 0 bridgehead atoms. The molecule has 1 heterocycles. The van der Waals surface area contributed by atoms with Crippen LogP contribution in [0.3, 0.4) is 0 Å². The molecule has 3 N–H and O–H groups in total. The van der Waals surface area contributed by atoms with Crippen molar-refractivity contribution in [1.29, 1.82) is 0 Å². The van der Waals surface area contributed by atoms with E-state index >= 15 is 0 Å². The average Bonchev–Trinajstić information content (AvgIpc) is 2.44. The summed E-state index contributed by atoms with van der Waals surface area (Å²) in [6, 6.07) is 6.59. The normalized spacial score (nSPS) is 20.5. The third kappa shape index (κ3) is 6.20. The van der Waals surface area contributed by atoms with Crippen molar-refractivity contribution in [2.45, 2.75) is 37.0 Å². The van der Waals surface area contributed by atoms with Gasteiger partial charge in [-0.3, -0.25) is 9.69 Å². The van der Waals surface area contributed by atoms with Crippen LogP contribution in [0.2, 0.25) is 0 Å². The number of carbonyl (C=O) groups excluding carboxylic acids is 1. The number of amides is 1. The topological polar surface area (TPSA) is 58.4 Å². The van der Waals surface area contributed by atoms with Crippen molar-refractivity contribution in [1.82, 2.24) is 4.90 Å². The Morgan fingerprint density at radius 1 is 1.42 bits per heavy atom. The molecule has 8 heteroatoms. The molecule has 1 atom stereocenters. The van der Waals surface area contributed by atoms with Gasteiger partial charge < -0.3 is 11.1 Å². The lowest BCUT2D eigenvalue weighted by Crippen LogP contribution is -2.53. The lowest BCUT2D eigenvalue weighted by Gasteiger charge is -2.42. The summed E-state index contributed by atoms with van der Waals surface area (Å²) in [6.07, 6.45) is 0.875. The van der Waals surface area contributed by atoms with E-state index in [2.05, 4.69) is 24.1 Å². The molecule has 1 amide bonds. The van der Waals surface area contributed by atoms with E-state index in [1.165, 1.54) is 0 Å². The van der Waals surface area contributed by atoms with Crippen LogP contribution >= 0.6 is 24.2 Å².